The molecule has 0 amide bonds. The van der Waals surface area contributed by atoms with Gasteiger partial charge in [0.2, 0.25) is 0 Å². The van der Waals surface area contributed by atoms with Crippen LogP contribution in [0.2, 0.25) is 0 Å². The molecule has 6 nitrogen and oxygen atoms in total. The van der Waals surface area contributed by atoms with Gasteiger partial charge in [0.25, 0.3) is 0 Å². The van der Waals surface area contributed by atoms with Crippen LogP contribution in [0.1, 0.15) is 40.2 Å². The zero-order valence-electron chi connectivity index (χ0n) is 13.9. The standard InChI is InChI=1S/C18H17BrO6S/c1-25-15-5-4-13(19)8-16(15)26(23,24)9-12-6-11(10-2-3-10)7-14(17(12)20)18(21)22/h4-8,10,20H,2-3,9H2,1H3,(H,21,22). The smallest absolute Gasteiger partial charge is 0.339 e. The number of benzene rings is 2. The number of methoxy groups -OCH3 is 1. The highest BCUT2D eigenvalue weighted by Gasteiger charge is 2.29. The van der Waals surface area contributed by atoms with E-state index in [1.807, 2.05) is 0 Å². The van der Waals surface area contributed by atoms with Crippen molar-refractivity contribution < 1.29 is 28.2 Å². The molecular weight excluding hydrogens is 424 g/mol. The zero-order valence-corrected chi connectivity index (χ0v) is 16.3. The first kappa shape index (κ1) is 18.7. The van der Waals surface area contributed by atoms with Crippen molar-refractivity contribution in [3.05, 3.63) is 51.5 Å². The Morgan fingerprint density at radius 2 is 1.96 bits per heavy atom. The monoisotopic (exact) mass is 440 g/mol. The fraction of sp³-hybridized carbons (Fsp3) is 0.278. The third-order valence-corrected chi connectivity index (χ3v) is 6.47. The maximum atomic E-state index is 12.9. The van der Waals surface area contributed by atoms with E-state index in [1.54, 1.807) is 12.1 Å². The summed E-state index contributed by atoms with van der Waals surface area (Å²) in [5.41, 5.74) is 0.543. The number of carboxylic acids is 1. The molecule has 26 heavy (non-hydrogen) atoms. The number of sulfone groups is 1. The highest BCUT2D eigenvalue weighted by molar-refractivity contribution is 9.10. The highest BCUT2D eigenvalue weighted by Crippen LogP contribution is 2.43. The topological polar surface area (TPSA) is 101 Å². The lowest BCUT2D eigenvalue weighted by Crippen LogP contribution is -2.09. The first-order valence-electron chi connectivity index (χ1n) is 7.88. The number of hydrogen-bond donors (Lipinski definition) is 2. The summed E-state index contributed by atoms with van der Waals surface area (Å²) < 4.78 is 31.5. The highest BCUT2D eigenvalue weighted by atomic mass is 79.9. The molecule has 0 aromatic heterocycles. The van der Waals surface area contributed by atoms with Crippen LogP contribution in [0.25, 0.3) is 0 Å². The minimum atomic E-state index is -3.87. The van der Waals surface area contributed by atoms with E-state index in [9.17, 15) is 23.4 Å². The number of rotatable bonds is 6. The molecule has 1 fully saturated rings. The van der Waals surface area contributed by atoms with Crippen LogP contribution in [-0.4, -0.2) is 31.7 Å². The lowest BCUT2D eigenvalue weighted by molar-refractivity contribution is 0.0693. The Hall–Kier alpha value is -2.06. The number of ether oxygens (including phenoxy) is 1. The molecule has 2 N–H and O–H groups in total. The van der Waals surface area contributed by atoms with Crippen LogP contribution in [0.15, 0.2) is 39.7 Å². The van der Waals surface area contributed by atoms with Crippen molar-refractivity contribution in [3.63, 3.8) is 0 Å². The summed E-state index contributed by atoms with van der Waals surface area (Å²) in [4.78, 5) is 11.4. The number of halogens is 1. The predicted molar refractivity (Wildman–Crippen MR) is 98.6 cm³/mol. The van der Waals surface area contributed by atoms with Crippen LogP contribution in [-0.2, 0) is 15.6 Å². The van der Waals surface area contributed by atoms with E-state index in [-0.39, 0.29) is 27.7 Å². The van der Waals surface area contributed by atoms with E-state index in [4.69, 9.17) is 4.74 Å². The van der Waals surface area contributed by atoms with E-state index in [0.717, 1.165) is 18.4 Å². The largest absolute Gasteiger partial charge is 0.507 e. The molecule has 0 spiro atoms. The SMILES string of the molecule is COc1ccc(Br)cc1S(=O)(=O)Cc1cc(C2CC2)cc(C(=O)O)c1O. The third-order valence-electron chi connectivity index (χ3n) is 4.30. The molecule has 3 rings (SSSR count). The average Bonchev–Trinajstić information content (AvgIpc) is 3.41. The number of hydrogen-bond acceptors (Lipinski definition) is 5. The fourth-order valence-electron chi connectivity index (χ4n) is 2.82. The Labute approximate surface area is 159 Å². The molecule has 2 aromatic rings. The molecule has 0 aliphatic heterocycles. The second-order valence-electron chi connectivity index (χ2n) is 6.21. The van der Waals surface area contributed by atoms with Crippen molar-refractivity contribution in [2.75, 3.05) is 7.11 Å². The van der Waals surface area contributed by atoms with Gasteiger partial charge in [0.05, 0.1) is 12.9 Å². The summed E-state index contributed by atoms with van der Waals surface area (Å²) in [5.74, 6) is -1.92. The summed E-state index contributed by atoms with van der Waals surface area (Å²) in [6, 6.07) is 7.62. The molecule has 0 bridgehead atoms. The van der Waals surface area contributed by atoms with Gasteiger partial charge in [0.15, 0.2) is 9.84 Å². The summed E-state index contributed by atoms with van der Waals surface area (Å²) in [5, 5.41) is 19.6. The fourth-order valence-corrected chi connectivity index (χ4v) is 4.88. The van der Waals surface area contributed by atoms with Crippen LogP contribution in [0.3, 0.4) is 0 Å². The van der Waals surface area contributed by atoms with Crippen LogP contribution >= 0.6 is 15.9 Å². The lowest BCUT2D eigenvalue weighted by atomic mass is 10.0. The van der Waals surface area contributed by atoms with Gasteiger partial charge in [0.1, 0.15) is 22.0 Å². The normalized spacial score (nSPS) is 14.2. The van der Waals surface area contributed by atoms with Crippen molar-refractivity contribution in [3.8, 4) is 11.5 Å². The van der Waals surface area contributed by atoms with Crippen LogP contribution in [0.5, 0.6) is 11.5 Å². The Morgan fingerprint density at radius 1 is 1.27 bits per heavy atom. The number of carbonyl (C=O) groups is 1. The van der Waals surface area contributed by atoms with Gasteiger partial charge < -0.3 is 14.9 Å². The molecule has 138 valence electrons. The van der Waals surface area contributed by atoms with Gasteiger partial charge in [-0.25, -0.2) is 13.2 Å². The quantitative estimate of drug-likeness (QED) is 0.709. The van der Waals surface area contributed by atoms with Gasteiger partial charge in [-0.1, -0.05) is 22.0 Å². The molecule has 0 radical (unpaired) electrons. The van der Waals surface area contributed by atoms with E-state index in [0.29, 0.717) is 4.47 Å². The van der Waals surface area contributed by atoms with Crippen LogP contribution in [0, 0.1) is 0 Å². The van der Waals surface area contributed by atoms with E-state index >= 15 is 0 Å². The maximum Gasteiger partial charge on any atom is 0.339 e. The average molecular weight is 441 g/mol. The van der Waals surface area contributed by atoms with Crippen molar-refractivity contribution in [1.82, 2.24) is 0 Å². The first-order chi connectivity index (χ1) is 12.2. The minimum Gasteiger partial charge on any atom is -0.507 e. The Kier molecular flexibility index (Phi) is 4.98. The zero-order chi connectivity index (χ0) is 19.1. The molecule has 1 aliphatic rings. The Balaban J connectivity index is 2.08. The molecule has 1 aliphatic carbocycles. The summed E-state index contributed by atoms with van der Waals surface area (Å²) in [6.45, 7) is 0. The molecule has 0 heterocycles. The first-order valence-corrected chi connectivity index (χ1v) is 10.3. The van der Waals surface area contributed by atoms with Gasteiger partial charge in [-0.2, -0.15) is 0 Å². The molecule has 1 saturated carbocycles. The summed E-state index contributed by atoms with van der Waals surface area (Å²) in [7, 11) is -2.50. The van der Waals surface area contributed by atoms with Gasteiger partial charge in [-0.15, -0.1) is 0 Å². The molecular formula is C18H17BrO6S. The van der Waals surface area contributed by atoms with Gasteiger partial charge in [0, 0.05) is 10.0 Å². The number of aromatic carboxylic acids is 1. The summed E-state index contributed by atoms with van der Waals surface area (Å²) in [6.07, 6.45) is 1.85. The van der Waals surface area contributed by atoms with Crippen LogP contribution < -0.4 is 4.74 Å². The number of phenols is 1. The van der Waals surface area contributed by atoms with Gasteiger partial charge >= 0.3 is 5.97 Å². The van der Waals surface area contributed by atoms with Crippen LogP contribution in [0.4, 0.5) is 0 Å². The summed E-state index contributed by atoms with van der Waals surface area (Å²) >= 11 is 3.24. The molecule has 0 atom stereocenters. The third kappa shape index (κ3) is 3.71. The number of aromatic hydroxyl groups is 1. The van der Waals surface area contributed by atoms with E-state index in [1.165, 1.54) is 25.3 Å². The Morgan fingerprint density at radius 3 is 2.54 bits per heavy atom. The van der Waals surface area contributed by atoms with Crippen molar-refractivity contribution in [1.29, 1.82) is 0 Å². The van der Waals surface area contributed by atoms with E-state index in [2.05, 4.69) is 15.9 Å². The molecule has 0 unspecified atom stereocenters. The molecule has 2 aromatic carbocycles. The maximum absolute atomic E-state index is 12.9. The van der Waals surface area contributed by atoms with Crippen molar-refractivity contribution >= 4 is 31.7 Å². The molecule has 8 heteroatoms. The molecule has 0 saturated heterocycles. The van der Waals surface area contributed by atoms with Crippen molar-refractivity contribution in [2.24, 2.45) is 0 Å². The minimum absolute atomic E-state index is 0.0255. The second-order valence-corrected chi connectivity index (χ2v) is 9.08. The predicted octanol–water partition coefficient (Wildman–Crippen LogP) is 3.71. The second kappa shape index (κ2) is 6.92. The van der Waals surface area contributed by atoms with Gasteiger partial charge in [-0.3, -0.25) is 0 Å². The Bertz CT molecular complexity index is 979. The number of carboxylic acid groups (broad SMARTS) is 1. The van der Waals surface area contributed by atoms with Crippen molar-refractivity contribution in [2.45, 2.75) is 29.4 Å². The lowest BCUT2D eigenvalue weighted by Gasteiger charge is -2.13. The van der Waals surface area contributed by atoms with Gasteiger partial charge in [-0.05, 0) is 48.6 Å². The van der Waals surface area contributed by atoms with E-state index < -0.39 is 27.3 Å².